The predicted octanol–water partition coefficient (Wildman–Crippen LogP) is 4.31. The zero-order valence-corrected chi connectivity index (χ0v) is 18.6. The molecule has 0 aliphatic carbocycles. The number of aromatic nitrogens is 2. The van der Waals surface area contributed by atoms with Gasteiger partial charge in [-0.3, -0.25) is 4.79 Å². The van der Waals surface area contributed by atoms with Gasteiger partial charge in [-0.2, -0.15) is 0 Å². The SMILES string of the molecule is O=C(NCCC(O)c1cccc(O)c1)c1cnc(NCc2ccccc2)nc1-c1ccccc1. The molecule has 4 N–H and O–H groups in total. The van der Waals surface area contributed by atoms with Gasteiger partial charge >= 0.3 is 0 Å². The number of carbonyl (C=O) groups excluding carboxylic acids is 1. The van der Waals surface area contributed by atoms with Crippen LogP contribution < -0.4 is 10.6 Å². The number of phenols is 1. The van der Waals surface area contributed by atoms with E-state index >= 15 is 0 Å². The average Bonchev–Trinajstić information content (AvgIpc) is 2.88. The summed E-state index contributed by atoms with van der Waals surface area (Å²) in [6.45, 7) is 0.811. The molecule has 0 bridgehead atoms. The molecule has 1 amide bonds. The van der Waals surface area contributed by atoms with Gasteiger partial charge in [-0.25, -0.2) is 9.97 Å². The van der Waals surface area contributed by atoms with E-state index < -0.39 is 6.10 Å². The number of aliphatic hydroxyl groups excluding tert-OH is 1. The van der Waals surface area contributed by atoms with Crippen LogP contribution in [0.1, 0.15) is 34.0 Å². The number of rotatable bonds is 9. The van der Waals surface area contributed by atoms with Gasteiger partial charge in [0.25, 0.3) is 5.91 Å². The van der Waals surface area contributed by atoms with Gasteiger partial charge in [0.05, 0.1) is 17.4 Å². The molecule has 4 aromatic rings. The highest BCUT2D eigenvalue weighted by Gasteiger charge is 2.17. The summed E-state index contributed by atoms with van der Waals surface area (Å²) in [6, 6.07) is 25.9. The molecule has 7 nitrogen and oxygen atoms in total. The number of nitrogens with zero attached hydrogens (tertiary/aromatic N) is 2. The van der Waals surface area contributed by atoms with E-state index in [0.717, 1.165) is 11.1 Å². The summed E-state index contributed by atoms with van der Waals surface area (Å²) >= 11 is 0. The Bertz CT molecular complexity index is 1230. The molecule has 1 unspecified atom stereocenters. The fraction of sp³-hybridized carbons (Fsp3) is 0.148. The predicted molar refractivity (Wildman–Crippen MR) is 131 cm³/mol. The minimum Gasteiger partial charge on any atom is -0.508 e. The zero-order chi connectivity index (χ0) is 23.8. The molecular weight excluding hydrogens is 428 g/mol. The van der Waals surface area contributed by atoms with Crippen LogP contribution in [0.2, 0.25) is 0 Å². The Balaban J connectivity index is 1.46. The number of hydrogen-bond donors (Lipinski definition) is 4. The first-order chi connectivity index (χ1) is 16.6. The second-order valence-electron chi connectivity index (χ2n) is 7.82. The maximum atomic E-state index is 13.0. The fourth-order valence-corrected chi connectivity index (χ4v) is 3.54. The van der Waals surface area contributed by atoms with Crippen molar-refractivity contribution in [1.29, 1.82) is 0 Å². The number of aromatic hydroxyl groups is 1. The first-order valence-corrected chi connectivity index (χ1v) is 11.1. The van der Waals surface area contributed by atoms with E-state index in [0.29, 0.717) is 35.7 Å². The molecule has 3 aromatic carbocycles. The van der Waals surface area contributed by atoms with Gasteiger partial charge in [0, 0.05) is 24.8 Å². The molecular formula is C27H26N4O3. The molecule has 172 valence electrons. The highest BCUT2D eigenvalue weighted by molar-refractivity contribution is 5.99. The summed E-state index contributed by atoms with van der Waals surface area (Å²) in [5.74, 6) is 0.196. The normalized spacial score (nSPS) is 11.6. The van der Waals surface area contributed by atoms with Crippen molar-refractivity contribution in [2.75, 3.05) is 11.9 Å². The van der Waals surface area contributed by atoms with E-state index in [-0.39, 0.29) is 18.2 Å². The van der Waals surface area contributed by atoms with Crippen molar-refractivity contribution in [1.82, 2.24) is 15.3 Å². The number of hydrogen-bond acceptors (Lipinski definition) is 6. The molecule has 1 aromatic heterocycles. The third kappa shape index (κ3) is 5.96. The first-order valence-electron chi connectivity index (χ1n) is 11.1. The molecule has 0 saturated carbocycles. The number of phenolic OH excluding ortho intramolecular Hbond substituents is 1. The van der Waals surface area contributed by atoms with E-state index in [4.69, 9.17) is 0 Å². The van der Waals surface area contributed by atoms with E-state index in [1.165, 1.54) is 12.3 Å². The second-order valence-corrected chi connectivity index (χ2v) is 7.82. The minimum absolute atomic E-state index is 0.0891. The zero-order valence-electron chi connectivity index (χ0n) is 18.6. The fourth-order valence-electron chi connectivity index (χ4n) is 3.54. The molecule has 4 rings (SSSR count). The molecule has 34 heavy (non-hydrogen) atoms. The summed E-state index contributed by atoms with van der Waals surface area (Å²) in [5.41, 5.74) is 3.37. The molecule has 0 radical (unpaired) electrons. The lowest BCUT2D eigenvalue weighted by Crippen LogP contribution is -2.27. The Morgan fingerprint density at radius 3 is 2.41 bits per heavy atom. The standard InChI is InChI=1S/C27H26N4O3/c32-22-13-7-12-21(16-22)24(33)14-15-28-26(34)23-18-30-27(29-17-19-8-3-1-4-9-19)31-25(23)20-10-5-2-6-11-20/h1-13,16,18,24,32-33H,14-15,17H2,(H,28,34)(H,29,30,31). The summed E-state index contributed by atoms with van der Waals surface area (Å²) in [4.78, 5) is 21.9. The molecule has 1 heterocycles. The largest absolute Gasteiger partial charge is 0.508 e. The number of carbonyl (C=O) groups is 1. The number of amides is 1. The van der Waals surface area contributed by atoms with Crippen molar-refractivity contribution in [3.63, 3.8) is 0 Å². The maximum absolute atomic E-state index is 13.0. The van der Waals surface area contributed by atoms with Crippen LogP contribution in [0.4, 0.5) is 5.95 Å². The Morgan fingerprint density at radius 2 is 1.68 bits per heavy atom. The molecule has 7 heteroatoms. The van der Waals surface area contributed by atoms with Crippen LogP contribution in [0, 0.1) is 0 Å². The highest BCUT2D eigenvalue weighted by Crippen LogP contribution is 2.23. The Labute approximate surface area is 198 Å². The quantitative estimate of drug-likeness (QED) is 0.300. The number of aliphatic hydroxyl groups is 1. The van der Waals surface area contributed by atoms with Crippen LogP contribution in [-0.2, 0) is 6.54 Å². The van der Waals surface area contributed by atoms with Crippen molar-refractivity contribution in [2.24, 2.45) is 0 Å². The topological polar surface area (TPSA) is 107 Å². The Hall–Kier alpha value is -4.23. The van der Waals surface area contributed by atoms with Crippen molar-refractivity contribution in [3.05, 3.63) is 108 Å². The monoisotopic (exact) mass is 454 g/mol. The maximum Gasteiger partial charge on any atom is 0.255 e. The third-order valence-electron chi connectivity index (χ3n) is 5.33. The number of nitrogens with one attached hydrogen (secondary N) is 2. The van der Waals surface area contributed by atoms with Gasteiger partial charge in [-0.05, 0) is 29.7 Å². The number of benzene rings is 3. The molecule has 0 aliphatic heterocycles. The highest BCUT2D eigenvalue weighted by atomic mass is 16.3. The first kappa shape index (κ1) is 22.9. The van der Waals surface area contributed by atoms with Crippen molar-refractivity contribution in [2.45, 2.75) is 19.1 Å². The Kier molecular flexibility index (Phi) is 7.47. The number of anilines is 1. The lowest BCUT2D eigenvalue weighted by Gasteiger charge is -2.14. The lowest BCUT2D eigenvalue weighted by atomic mass is 10.1. The summed E-state index contributed by atoms with van der Waals surface area (Å²) < 4.78 is 0. The van der Waals surface area contributed by atoms with Gasteiger partial charge in [-0.1, -0.05) is 72.8 Å². The lowest BCUT2D eigenvalue weighted by molar-refractivity contribution is 0.0942. The minimum atomic E-state index is -0.804. The molecule has 1 atom stereocenters. The molecule has 0 saturated heterocycles. The van der Waals surface area contributed by atoms with Crippen LogP contribution in [0.3, 0.4) is 0 Å². The van der Waals surface area contributed by atoms with Crippen LogP contribution in [0.25, 0.3) is 11.3 Å². The van der Waals surface area contributed by atoms with Crippen LogP contribution in [0.15, 0.2) is 91.1 Å². The molecule has 0 spiro atoms. The van der Waals surface area contributed by atoms with E-state index in [1.54, 1.807) is 18.2 Å². The van der Waals surface area contributed by atoms with Gasteiger partial charge in [0.15, 0.2) is 0 Å². The van der Waals surface area contributed by atoms with Gasteiger partial charge in [0.2, 0.25) is 5.95 Å². The van der Waals surface area contributed by atoms with Crippen molar-refractivity contribution >= 4 is 11.9 Å². The van der Waals surface area contributed by atoms with E-state index in [2.05, 4.69) is 20.6 Å². The van der Waals surface area contributed by atoms with E-state index in [9.17, 15) is 15.0 Å². The van der Waals surface area contributed by atoms with Gasteiger partial charge < -0.3 is 20.8 Å². The summed E-state index contributed by atoms with van der Waals surface area (Å²) in [7, 11) is 0. The smallest absolute Gasteiger partial charge is 0.255 e. The van der Waals surface area contributed by atoms with Gasteiger partial charge in [-0.15, -0.1) is 0 Å². The Morgan fingerprint density at radius 1 is 0.941 bits per heavy atom. The summed E-state index contributed by atoms with van der Waals surface area (Å²) in [6.07, 6.45) is 1.01. The van der Waals surface area contributed by atoms with Crippen molar-refractivity contribution in [3.8, 4) is 17.0 Å². The van der Waals surface area contributed by atoms with Crippen molar-refractivity contribution < 1.29 is 15.0 Å². The average molecular weight is 455 g/mol. The van der Waals surface area contributed by atoms with E-state index in [1.807, 2.05) is 60.7 Å². The second kappa shape index (κ2) is 11.1. The van der Waals surface area contributed by atoms with Crippen LogP contribution >= 0.6 is 0 Å². The van der Waals surface area contributed by atoms with Crippen LogP contribution in [-0.4, -0.2) is 32.6 Å². The van der Waals surface area contributed by atoms with Gasteiger partial charge in [0.1, 0.15) is 5.75 Å². The summed E-state index contributed by atoms with van der Waals surface area (Å²) in [5, 5.41) is 26.0. The molecule has 0 aliphatic rings. The molecule has 0 fully saturated rings. The third-order valence-corrected chi connectivity index (χ3v) is 5.33. The van der Waals surface area contributed by atoms with Crippen LogP contribution in [0.5, 0.6) is 5.75 Å².